The summed E-state index contributed by atoms with van der Waals surface area (Å²) in [6.45, 7) is 0. The van der Waals surface area contributed by atoms with Gasteiger partial charge in [-0.1, -0.05) is 0 Å². The van der Waals surface area contributed by atoms with Gasteiger partial charge in [0.15, 0.2) is 0 Å². The molecule has 0 saturated carbocycles. The van der Waals surface area contributed by atoms with Gasteiger partial charge in [-0.15, -0.1) is 0 Å². The minimum absolute atomic E-state index is 0. The molecule has 0 amide bonds. The van der Waals surface area contributed by atoms with E-state index in [4.69, 9.17) is 17.5 Å². The summed E-state index contributed by atoms with van der Waals surface area (Å²) >= 11 is 0. The zero-order valence-electron chi connectivity index (χ0n) is 3.25. The second-order valence-electron chi connectivity index (χ2n) is 0.408. The van der Waals surface area contributed by atoms with E-state index in [-0.39, 0.29) is 61.4 Å². The summed E-state index contributed by atoms with van der Waals surface area (Å²) in [6, 6.07) is 0. The monoisotopic (exact) mass is 268 g/mol. The molecular formula is H2CaO4STe. The normalized spacial score (nSPS) is 8.29. The van der Waals surface area contributed by atoms with Crippen molar-refractivity contribution in [3.8, 4) is 0 Å². The zero-order valence-corrected chi connectivity index (χ0v) is 9.13. The molecule has 0 unspecified atom stereocenters. The molecule has 0 bridgehead atoms. The zero-order chi connectivity index (χ0) is 4.50. The van der Waals surface area contributed by atoms with Gasteiger partial charge in [0.1, 0.15) is 0 Å². The van der Waals surface area contributed by atoms with E-state index in [2.05, 4.69) is 0 Å². The molecule has 0 aromatic rings. The van der Waals surface area contributed by atoms with Crippen molar-refractivity contribution in [3.05, 3.63) is 0 Å². The van der Waals surface area contributed by atoms with Crippen molar-refractivity contribution in [2.45, 2.75) is 0 Å². The third-order valence-corrected chi connectivity index (χ3v) is 0. The van der Waals surface area contributed by atoms with Crippen LogP contribution >= 0.6 is 0 Å². The van der Waals surface area contributed by atoms with Crippen LogP contribution in [0.5, 0.6) is 0 Å². The number of hydrogen-bond donors (Lipinski definition) is 0. The maximum atomic E-state index is 8.52. The Bertz CT molecular complexity index is 94.9. The van der Waals surface area contributed by atoms with E-state index in [9.17, 15) is 0 Å². The molecule has 0 saturated heterocycles. The second kappa shape index (κ2) is 6.05. The van der Waals surface area contributed by atoms with E-state index in [1.807, 2.05) is 0 Å². The summed E-state index contributed by atoms with van der Waals surface area (Å²) in [5.41, 5.74) is 0. The molecule has 0 aromatic carbocycles. The van der Waals surface area contributed by atoms with Gasteiger partial charge in [0.05, 0.1) is 0 Å². The van der Waals surface area contributed by atoms with Crippen LogP contribution in [0.4, 0.5) is 0 Å². The molecule has 0 aliphatic heterocycles. The third-order valence-electron chi connectivity index (χ3n) is 0. The molecule has 7 heteroatoms. The van der Waals surface area contributed by atoms with E-state index in [0.29, 0.717) is 0 Å². The summed E-state index contributed by atoms with van der Waals surface area (Å²) in [6.07, 6.45) is 0. The van der Waals surface area contributed by atoms with Gasteiger partial charge in [0, 0.05) is 10.4 Å². The number of rotatable bonds is 0. The van der Waals surface area contributed by atoms with Gasteiger partial charge in [-0.05, 0) is 0 Å². The van der Waals surface area contributed by atoms with Crippen molar-refractivity contribution in [1.29, 1.82) is 0 Å². The van der Waals surface area contributed by atoms with Crippen LogP contribution in [0.15, 0.2) is 0 Å². The van der Waals surface area contributed by atoms with Crippen LogP contribution in [0.1, 0.15) is 0 Å². The first-order valence-electron chi connectivity index (χ1n) is 0.667. The first-order valence-corrected chi connectivity index (χ1v) is 2.00. The van der Waals surface area contributed by atoms with Gasteiger partial charge in [-0.3, -0.25) is 8.42 Å². The molecule has 0 aliphatic rings. The molecule has 0 aliphatic carbocycles. The molecule has 0 radical (unpaired) electrons. The molecule has 0 fully saturated rings. The average Bonchev–Trinajstić information content (AvgIpc) is 0.722. The molecule has 0 N–H and O–H groups in total. The van der Waals surface area contributed by atoms with Gasteiger partial charge in [0.25, 0.3) is 0 Å². The van der Waals surface area contributed by atoms with Crippen LogP contribution in [0.3, 0.4) is 0 Å². The summed E-state index contributed by atoms with van der Waals surface area (Å²) in [5, 5.41) is 0. The van der Waals surface area contributed by atoms with Crippen LogP contribution in [0, 0.1) is 0 Å². The van der Waals surface area contributed by atoms with E-state index in [0.717, 1.165) is 0 Å². The molecule has 4 nitrogen and oxygen atoms in total. The van der Waals surface area contributed by atoms with Gasteiger partial charge in [-0.25, -0.2) is 0 Å². The van der Waals surface area contributed by atoms with E-state index >= 15 is 0 Å². The molecule has 0 heterocycles. The molecule has 0 atom stereocenters. The molecule has 40 valence electrons. The summed E-state index contributed by atoms with van der Waals surface area (Å²) in [4.78, 5) is 0. The Morgan fingerprint density at radius 2 is 1.14 bits per heavy atom. The van der Waals surface area contributed by atoms with Gasteiger partial charge in [0.2, 0.25) is 0 Å². The number of hydrogen-bond acceptors (Lipinski definition) is 4. The topological polar surface area (TPSA) is 80.3 Å². The van der Waals surface area contributed by atoms with Crippen molar-refractivity contribution < 1.29 is 17.5 Å². The first-order chi connectivity index (χ1) is 2.00. The minimum atomic E-state index is -5.17. The molecule has 0 spiro atoms. The van der Waals surface area contributed by atoms with Crippen LogP contribution < -0.4 is 0 Å². The quantitative estimate of drug-likeness (QED) is 0.273. The predicted molar refractivity (Wildman–Crippen MR) is 24.8 cm³/mol. The fourth-order valence-electron chi connectivity index (χ4n) is 0. The van der Waals surface area contributed by atoms with Crippen molar-refractivity contribution in [1.82, 2.24) is 0 Å². The van der Waals surface area contributed by atoms with Crippen molar-refractivity contribution in [2.75, 3.05) is 0 Å². The van der Waals surface area contributed by atoms with Crippen molar-refractivity contribution in [3.63, 3.8) is 0 Å². The Balaban J connectivity index is -0.0000000800. The van der Waals surface area contributed by atoms with Gasteiger partial charge < -0.3 is 9.11 Å². The van der Waals surface area contributed by atoms with Gasteiger partial charge in [-0.2, -0.15) is 0 Å². The Kier molecular flexibility index (Phi) is 13.8. The second-order valence-corrected chi connectivity index (χ2v) is 1.22. The van der Waals surface area contributed by atoms with E-state index in [1.165, 1.54) is 0 Å². The standard InChI is InChI=1S/Ca.H2O4S.H2Te/c;1-5(2,3)4;/h;(H2,1,2,3,4);1H2/q+2;;/p-2. The maximum absolute atomic E-state index is 8.52. The summed E-state index contributed by atoms with van der Waals surface area (Å²) in [5.74, 6) is 0. The SMILES string of the molecule is O=S(=O)([O-])[O-].[Ca+2].[TeH2]. The average molecular weight is 266 g/mol. The van der Waals surface area contributed by atoms with Crippen molar-refractivity contribution in [2.24, 2.45) is 0 Å². The van der Waals surface area contributed by atoms with Crippen LogP contribution in [0.25, 0.3) is 0 Å². The van der Waals surface area contributed by atoms with Gasteiger partial charge >= 0.3 is 61.4 Å². The van der Waals surface area contributed by atoms with Crippen LogP contribution in [-0.2, 0) is 10.4 Å². The van der Waals surface area contributed by atoms with Crippen LogP contribution in [0.2, 0.25) is 0 Å². The Labute approximate surface area is 88.0 Å². The Hall–Kier alpha value is 1.92. The fourth-order valence-corrected chi connectivity index (χ4v) is 0. The molecule has 7 heavy (non-hydrogen) atoms. The van der Waals surface area contributed by atoms with E-state index < -0.39 is 10.4 Å². The molecule has 0 aromatic heterocycles. The van der Waals surface area contributed by atoms with Crippen molar-refractivity contribution >= 4 is 71.8 Å². The van der Waals surface area contributed by atoms with Crippen LogP contribution in [-0.4, -0.2) is 78.9 Å². The fraction of sp³-hybridized carbons (Fsp3) is 0. The molecular weight excluding hydrogens is 264 g/mol. The Morgan fingerprint density at radius 3 is 1.14 bits per heavy atom. The summed E-state index contributed by atoms with van der Waals surface area (Å²) in [7, 11) is -5.17. The molecule has 0 rings (SSSR count). The predicted octanol–water partition coefficient (Wildman–Crippen LogP) is -2.63. The van der Waals surface area contributed by atoms with E-state index in [1.54, 1.807) is 0 Å². The third kappa shape index (κ3) is 75.3. The Morgan fingerprint density at radius 1 is 1.14 bits per heavy atom. The summed E-state index contributed by atoms with van der Waals surface area (Å²) < 4.78 is 34.1. The first kappa shape index (κ1) is 16.0.